The normalized spacial score (nSPS) is 14.1. The van der Waals surface area contributed by atoms with Gasteiger partial charge in [-0.3, -0.25) is 28.8 Å². The lowest BCUT2D eigenvalue weighted by molar-refractivity contribution is -0.138. The fraction of sp³-hybridized carbons (Fsp3) is 0.310. The highest BCUT2D eigenvalue weighted by molar-refractivity contribution is 5.96. The highest BCUT2D eigenvalue weighted by Crippen LogP contribution is 2.40. The van der Waals surface area contributed by atoms with Gasteiger partial charge in [-0.25, -0.2) is 14.0 Å². The molecule has 0 spiro atoms. The average molecular weight is 1450 g/mol. The summed E-state index contributed by atoms with van der Waals surface area (Å²) in [5.41, 5.74) is 29.3. The summed E-state index contributed by atoms with van der Waals surface area (Å²) < 4.78 is 5.16. The molecule has 108 heavy (non-hydrogen) atoms. The van der Waals surface area contributed by atoms with E-state index in [1.54, 1.807) is 14.0 Å². The molecule has 3 aliphatic rings. The van der Waals surface area contributed by atoms with Crippen molar-refractivity contribution in [3.8, 4) is 0 Å². The average Bonchev–Trinajstić information content (AvgIpc) is 1.01. The molecule has 21 nitrogen and oxygen atoms in total. The Labute approximate surface area is 627 Å². The largest absolute Gasteiger partial charge is 0.481 e. The molecule has 0 bridgehead atoms. The molecule has 0 saturated carbocycles. The van der Waals surface area contributed by atoms with Gasteiger partial charge in [0.05, 0.1) is 35.8 Å². The second kappa shape index (κ2) is 30.8. The highest BCUT2D eigenvalue weighted by Gasteiger charge is 2.31. The van der Waals surface area contributed by atoms with Crippen molar-refractivity contribution < 1.29 is 44.1 Å². The Hall–Kier alpha value is -12.0. The Morgan fingerprint density at radius 2 is 0.602 bits per heavy atom. The molecular weight excluding hydrogens is 1360 g/mol. The molecule has 0 aliphatic carbocycles. The molecule has 552 valence electrons. The van der Waals surface area contributed by atoms with E-state index in [4.69, 9.17) is 0 Å². The van der Waals surface area contributed by atoms with Gasteiger partial charge < -0.3 is 30.0 Å². The monoisotopic (exact) mass is 1450 g/mol. The van der Waals surface area contributed by atoms with E-state index >= 15 is 0 Å². The van der Waals surface area contributed by atoms with Gasteiger partial charge in [0, 0.05) is 94.9 Å². The molecular formula is C87H90N12O9. The third-order valence-corrected chi connectivity index (χ3v) is 22.6. The molecule has 3 aliphatic heterocycles. The van der Waals surface area contributed by atoms with E-state index < -0.39 is 17.9 Å². The van der Waals surface area contributed by atoms with Crippen LogP contribution in [0.5, 0.6) is 0 Å². The van der Waals surface area contributed by atoms with Crippen molar-refractivity contribution in [1.82, 2.24) is 59.7 Å². The Balaban J connectivity index is 0.000000143. The summed E-state index contributed by atoms with van der Waals surface area (Å²) in [5, 5.41) is 54.5. The van der Waals surface area contributed by atoms with Crippen LogP contribution in [0, 0.1) is 62.3 Å². The predicted molar refractivity (Wildman–Crippen MR) is 414 cm³/mol. The maximum absolute atomic E-state index is 13.3. The van der Waals surface area contributed by atoms with Gasteiger partial charge in [-0.2, -0.15) is 0 Å². The third kappa shape index (κ3) is 15.2. The summed E-state index contributed by atoms with van der Waals surface area (Å²) in [6.45, 7) is 21.6. The minimum Gasteiger partial charge on any atom is -0.481 e. The summed E-state index contributed by atoms with van der Waals surface area (Å²) >= 11 is 0. The van der Waals surface area contributed by atoms with E-state index in [-0.39, 0.29) is 54.7 Å². The first-order chi connectivity index (χ1) is 51.7. The van der Waals surface area contributed by atoms with Crippen LogP contribution >= 0.6 is 0 Å². The summed E-state index contributed by atoms with van der Waals surface area (Å²) in [6, 6.07) is 48.0. The van der Waals surface area contributed by atoms with E-state index in [1.165, 1.54) is 33.4 Å². The lowest BCUT2D eigenvalue weighted by Gasteiger charge is -2.30. The summed E-state index contributed by atoms with van der Waals surface area (Å²) in [5.74, 6) is -3.48. The second-order valence-corrected chi connectivity index (χ2v) is 29.4. The summed E-state index contributed by atoms with van der Waals surface area (Å²) in [6.07, 6.45) is 2.24. The van der Waals surface area contributed by atoms with Crippen molar-refractivity contribution in [3.63, 3.8) is 0 Å². The van der Waals surface area contributed by atoms with Crippen LogP contribution in [0.2, 0.25) is 0 Å². The number of aryl methyl sites for hydroxylation is 12. The van der Waals surface area contributed by atoms with Crippen molar-refractivity contribution >= 4 is 68.7 Å². The fourth-order valence-electron chi connectivity index (χ4n) is 15.7. The van der Waals surface area contributed by atoms with E-state index in [0.29, 0.717) is 56.0 Å². The number of aliphatic carboxylic acids is 3. The number of aromatic nitrogens is 9. The number of amides is 3. The first-order valence-electron chi connectivity index (χ1n) is 36.6. The van der Waals surface area contributed by atoms with Crippen LogP contribution in [0.4, 0.5) is 0 Å². The fourth-order valence-corrected chi connectivity index (χ4v) is 15.7. The first kappa shape index (κ1) is 74.3. The van der Waals surface area contributed by atoms with Crippen molar-refractivity contribution in [3.05, 3.63) is 279 Å². The molecule has 9 aromatic carbocycles. The predicted octanol–water partition coefficient (Wildman–Crippen LogP) is 14.1. The number of carbonyl (C=O) groups is 6. The minimum absolute atomic E-state index is 0.0280. The molecule has 3 aromatic heterocycles. The van der Waals surface area contributed by atoms with Crippen molar-refractivity contribution in [2.75, 3.05) is 19.6 Å². The standard InChI is InChI=1S/3C29H30N4O3/c3*1-17-5-6-22(13-18(17)2)29(36)33-12-11-20-7-8-21(14-23(20)16-33)25(15-27(34)35)24-9-10-26-28(19(24)3)30-31-32(26)4/h3*5-10,13-14,25H,11-12,15-16H2,1-4H3,(H,34,35)/t2*25-;/m10./s1. The van der Waals surface area contributed by atoms with Gasteiger partial charge in [-0.05, 0) is 253 Å². The number of nitrogens with zero attached hydrogens (tertiary/aromatic N) is 12. The van der Waals surface area contributed by atoms with E-state index in [1.807, 2.05) is 207 Å². The number of carboxylic acids is 3. The lowest BCUT2D eigenvalue weighted by atomic mass is 9.83. The van der Waals surface area contributed by atoms with Gasteiger partial charge in [0.25, 0.3) is 17.7 Å². The van der Waals surface area contributed by atoms with Crippen LogP contribution in [0.1, 0.15) is 185 Å². The van der Waals surface area contributed by atoms with E-state index in [9.17, 15) is 44.1 Å². The number of hydrogen-bond acceptors (Lipinski definition) is 12. The highest BCUT2D eigenvalue weighted by atomic mass is 16.4. The summed E-state index contributed by atoms with van der Waals surface area (Å²) in [7, 11) is 5.53. The number of benzene rings is 9. The van der Waals surface area contributed by atoms with Gasteiger partial charge in [-0.15, -0.1) is 15.3 Å². The zero-order valence-corrected chi connectivity index (χ0v) is 63.2. The van der Waals surface area contributed by atoms with Crippen molar-refractivity contribution in [2.24, 2.45) is 21.1 Å². The molecule has 12 aromatic rings. The third-order valence-electron chi connectivity index (χ3n) is 22.6. The van der Waals surface area contributed by atoms with Gasteiger partial charge in [-0.1, -0.05) is 107 Å². The molecule has 0 radical (unpaired) electrons. The zero-order valence-electron chi connectivity index (χ0n) is 63.2. The molecule has 3 N–H and O–H groups in total. The Bertz CT molecular complexity index is 5050. The Morgan fingerprint density at radius 3 is 0.852 bits per heavy atom. The zero-order chi connectivity index (χ0) is 76.7. The van der Waals surface area contributed by atoms with Gasteiger partial charge in [0.2, 0.25) is 0 Å². The molecule has 15 rings (SSSR count). The Kier molecular flexibility index (Phi) is 21.2. The van der Waals surface area contributed by atoms with E-state index in [2.05, 4.69) is 67.3 Å². The molecule has 0 fully saturated rings. The van der Waals surface area contributed by atoms with Crippen LogP contribution in [0.3, 0.4) is 0 Å². The van der Waals surface area contributed by atoms with Crippen LogP contribution in [0.15, 0.2) is 146 Å². The van der Waals surface area contributed by atoms with Crippen LogP contribution in [0.25, 0.3) is 33.1 Å². The van der Waals surface area contributed by atoms with Gasteiger partial charge >= 0.3 is 17.9 Å². The second-order valence-electron chi connectivity index (χ2n) is 29.4. The van der Waals surface area contributed by atoms with E-state index in [0.717, 1.165) is 136 Å². The quantitative estimate of drug-likeness (QED) is 0.0861. The lowest BCUT2D eigenvalue weighted by Crippen LogP contribution is -2.36. The number of carboxylic acid groups (broad SMARTS) is 3. The molecule has 21 heteroatoms. The molecule has 0 saturated heterocycles. The molecule has 1 unspecified atom stereocenters. The number of carbonyl (C=O) groups excluding carboxylic acids is 3. The maximum Gasteiger partial charge on any atom is 0.304 e. The first-order valence-corrected chi connectivity index (χ1v) is 36.6. The smallest absolute Gasteiger partial charge is 0.304 e. The molecule has 6 heterocycles. The minimum atomic E-state index is -0.858. The number of rotatable bonds is 15. The Morgan fingerprint density at radius 1 is 0.333 bits per heavy atom. The van der Waals surface area contributed by atoms with Crippen molar-refractivity contribution in [2.45, 2.75) is 138 Å². The number of fused-ring (bicyclic) bond motifs is 6. The van der Waals surface area contributed by atoms with Gasteiger partial charge in [0.1, 0.15) is 16.6 Å². The topological polar surface area (TPSA) is 265 Å². The molecule has 3 atom stereocenters. The number of hydrogen-bond donors (Lipinski definition) is 3. The summed E-state index contributed by atoms with van der Waals surface area (Å²) in [4.78, 5) is 81.1. The SMILES string of the molecule is Cc1ccc(C(=O)N2CCc3ccc(C(CC(=O)O)c4ccc5c(nnn5C)c4C)cc3C2)cc1C.Cc1ccc(C(=O)N2CCc3ccc([C@@H](CC(=O)O)c4ccc5c(nnn5C)c4C)cc3C2)cc1C.Cc1ccc(C(=O)N2CCc3ccc([C@H](CC(=O)O)c4ccc5c(nnn5C)c4C)cc3C2)cc1C. The molecule has 3 amide bonds. The van der Waals surface area contributed by atoms with Gasteiger partial charge in [0.15, 0.2) is 0 Å². The van der Waals surface area contributed by atoms with Crippen molar-refractivity contribution in [1.29, 1.82) is 0 Å². The van der Waals surface area contributed by atoms with Crippen LogP contribution in [-0.2, 0) is 74.4 Å². The van der Waals surface area contributed by atoms with Crippen LogP contribution < -0.4 is 0 Å². The van der Waals surface area contributed by atoms with Crippen LogP contribution in [-0.4, -0.2) is 130 Å². The maximum atomic E-state index is 13.3.